The van der Waals surface area contributed by atoms with Crippen LogP contribution in [0.3, 0.4) is 0 Å². The van der Waals surface area contributed by atoms with Gasteiger partial charge in [-0.1, -0.05) is 36.4 Å². The summed E-state index contributed by atoms with van der Waals surface area (Å²) in [5, 5.41) is 3.06. The van der Waals surface area contributed by atoms with Gasteiger partial charge in [-0.15, -0.1) is 0 Å². The number of nitrogens with one attached hydrogen (secondary N) is 1. The van der Waals surface area contributed by atoms with Gasteiger partial charge in [0.1, 0.15) is 0 Å². The van der Waals surface area contributed by atoms with Crippen molar-refractivity contribution < 1.29 is 9.53 Å². The van der Waals surface area contributed by atoms with Crippen molar-refractivity contribution in [2.24, 2.45) is 5.92 Å². The van der Waals surface area contributed by atoms with Crippen LogP contribution in [0, 0.1) is 12.8 Å². The molecule has 0 unspecified atom stereocenters. The Morgan fingerprint density at radius 3 is 2.65 bits per heavy atom. The molecule has 1 fully saturated rings. The summed E-state index contributed by atoms with van der Waals surface area (Å²) >= 11 is 0. The molecule has 0 atom stereocenters. The Kier molecular flexibility index (Phi) is 6.87. The normalized spacial score (nSPS) is 14.8. The Morgan fingerprint density at radius 1 is 1.13 bits per heavy atom. The molecule has 2 aromatic carbocycles. The number of hydrogen-bond acceptors (Lipinski definition) is 4. The summed E-state index contributed by atoms with van der Waals surface area (Å²) in [5.41, 5.74) is 4.76. The molecule has 0 radical (unpaired) electrons. The first-order valence-corrected chi connectivity index (χ1v) is 11.2. The number of aryl methyl sites for hydroxylation is 1. The lowest BCUT2D eigenvalue weighted by molar-refractivity contribution is -0.125. The van der Waals surface area contributed by atoms with Crippen LogP contribution >= 0.6 is 0 Å². The van der Waals surface area contributed by atoms with Crippen LogP contribution < -0.4 is 10.2 Å². The molecule has 1 saturated heterocycles. The second-order valence-electron chi connectivity index (χ2n) is 8.31. The average Bonchev–Trinajstić information content (AvgIpc) is 3.17. The molecule has 4 rings (SSSR count). The topological polar surface area (TPSA) is 59.4 Å². The third-order valence-electron chi connectivity index (χ3n) is 6.20. The quantitative estimate of drug-likeness (QED) is 0.564. The van der Waals surface area contributed by atoms with E-state index in [1.165, 1.54) is 11.1 Å². The number of imidazole rings is 1. The number of ether oxygens (including phenoxy) is 1. The molecule has 1 aromatic heterocycles. The van der Waals surface area contributed by atoms with Gasteiger partial charge in [-0.2, -0.15) is 0 Å². The molecule has 0 aliphatic carbocycles. The number of benzene rings is 2. The van der Waals surface area contributed by atoms with Crippen molar-refractivity contribution in [2.75, 3.05) is 38.3 Å². The first-order chi connectivity index (χ1) is 15.2. The van der Waals surface area contributed by atoms with Crippen molar-refractivity contribution in [1.29, 1.82) is 0 Å². The second kappa shape index (κ2) is 9.96. The smallest absolute Gasteiger partial charge is 0.223 e. The van der Waals surface area contributed by atoms with Crippen molar-refractivity contribution in [3.05, 3.63) is 59.7 Å². The maximum atomic E-state index is 12.5. The van der Waals surface area contributed by atoms with Crippen LogP contribution in [0.1, 0.15) is 30.4 Å². The SMILES string of the molecule is COCCCNC(=O)C1CCN(c2nc3ccccc3n2Cc2ccccc2C)CC1. The zero-order chi connectivity index (χ0) is 21.6. The van der Waals surface area contributed by atoms with Crippen molar-refractivity contribution in [1.82, 2.24) is 14.9 Å². The molecule has 0 spiro atoms. The van der Waals surface area contributed by atoms with Crippen LogP contribution in [0.2, 0.25) is 0 Å². The highest BCUT2D eigenvalue weighted by Crippen LogP contribution is 2.28. The Balaban J connectivity index is 1.49. The van der Waals surface area contributed by atoms with Crippen molar-refractivity contribution in [2.45, 2.75) is 32.7 Å². The van der Waals surface area contributed by atoms with E-state index < -0.39 is 0 Å². The summed E-state index contributed by atoms with van der Waals surface area (Å²) in [6.07, 6.45) is 2.55. The minimum Gasteiger partial charge on any atom is -0.385 e. The fraction of sp³-hybridized carbons (Fsp3) is 0.440. The molecule has 1 aliphatic heterocycles. The van der Waals surface area contributed by atoms with Gasteiger partial charge in [0.05, 0.1) is 17.6 Å². The van der Waals surface area contributed by atoms with E-state index in [2.05, 4.69) is 64.2 Å². The number of carbonyl (C=O) groups is 1. The lowest BCUT2D eigenvalue weighted by atomic mass is 9.96. The van der Waals surface area contributed by atoms with Crippen molar-refractivity contribution in [3.8, 4) is 0 Å². The van der Waals surface area contributed by atoms with E-state index in [0.29, 0.717) is 13.2 Å². The Labute approximate surface area is 184 Å². The van der Waals surface area contributed by atoms with E-state index >= 15 is 0 Å². The van der Waals surface area contributed by atoms with Crippen LogP contribution in [-0.4, -0.2) is 48.8 Å². The number of hydrogen-bond donors (Lipinski definition) is 1. The van der Waals surface area contributed by atoms with Crippen LogP contribution in [-0.2, 0) is 16.1 Å². The largest absolute Gasteiger partial charge is 0.385 e. The Hall–Kier alpha value is -2.86. The molecule has 2 heterocycles. The van der Waals surface area contributed by atoms with E-state index in [9.17, 15) is 4.79 Å². The first kappa shape index (κ1) is 21.4. The summed E-state index contributed by atoms with van der Waals surface area (Å²) < 4.78 is 7.37. The molecule has 1 amide bonds. The Morgan fingerprint density at radius 2 is 1.87 bits per heavy atom. The fourth-order valence-corrected chi connectivity index (χ4v) is 4.33. The maximum Gasteiger partial charge on any atom is 0.223 e. The number of para-hydroxylation sites is 2. The number of fused-ring (bicyclic) bond motifs is 1. The summed E-state index contributed by atoms with van der Waals surface area (Å²) in [4.78, 5) is 19.8. The number of rotatable bonds is 8. The molecule has 6 heteroatoms. The van der Waals surface area contributed by atoms with Crippen molar-refractivity contribution in [3.63, 3.8) is 0 Å². The molecule has 164 valence electrons. The van der Waals surface area contributed by atoms with E-state index in [1.54, 1.807) is 7.11 Å². The number of amides is 1. The van der Waals surface area contributed by atoms with Crippen LogP contribution in [0.25, 0.3) is 11.0 Å². The van der Waals surface area contributed by atoms with Gasteiger partial charge in [0.15, 0.2) is 0 Å². The van der Waals surface area contributed by atoms with E-state index in [0.717, 1.165) is 55.9 Å². The van der Waals surface area contributed by atoms with Crippen LogP contribution in [0.5, 0.6) is 0 Å². The highest BCUT2D eigenvalue weighted by atomic mass is 16.5. The third-order valence-corrected chi connectivity index (χ3v) is 6.20. The monoisotopic (exact) mass is 420 g/mol. The highest BCUT2D eigenvalue weighted by Gasteiger charge is 2.27. The first-order valence-electron chi connectivity index (χ1n) is 11.2. The number of piperidine rings is 1. The minimum atomic E-state index is 0.0768. The average molecular weight is 421 g/mol. The van der Waals surface area contributed by atoms with E-state index in [4.69, 9.17) is 9.72 Å². The minimum absolute atomic E-state index is 0.0768. The van der Waals surface area contributed by atoms with Crippen LogP contribution in [0.4, 0.5) is 5.95 Å². The maximum absolute atomic E-state index is 12.5. The summed E-state index contributed by atoms with van der Waals surface area (Å²) in [6.45, 7) is 5.99. The van der Waals surface area contributed by atoms with Gasteiger partial charge < -0.3 is 19.5 Å². The van der Waals surface area contributed by atoms with Gasteiger partial charge in [0.25, 0.3) is 0 Å². The number of anilines is 1. The number of aromatic nitrogens is 2. The zero-order valence-electron chi connectivity index (χ0n) is 18.5. The summed E-state index contributed by atoms with van der Waals surface area (Å²) in [5.74, 6) is 1.25. The van der Waals surface area contributed by atoms with E-state index in [-0.39, 0.29) is 11.8 Å². The van der Waals surface area contributed by atoms with Gasteiger partial charge in [0, 0.05) is 39.3 Å². The standard InChI is InChI=1S/C25H32N4O2/c1-19-8-3-4-9-21(19)18-29-23-11-6-5-10-22(23)27-25(29)28-15-12-20(13-16-28)24(30)26-14-7-17-31-2/h3-6,8-11,20H,7,12-18H2,1-2H3,(H,26,30). The lowest BCUT2D eigenvalue weighted by Gasteiger charge is -2.32. The Bertz CT molecular complexity index is 1020. The molecule has 0 bridgehead atoms. The van der Waals surface area contributed by atoms with Crippen molar-refractivity contribution >= 4 is 22.9 Å². The summed E-state index contributed by atoms with van der Waals surface area (Å²) in [6, 6.07) is 16.9. The predicted molar refractivity (Wildman–Crippen MR) is 124 cm³/mol. The van der Waals surface area contributed by atoms with Gasteiger partial charge >= 0.3 is 0 Å². The van der Waals surface area contributed by atoms with Gasteiger partial charge in [-0.25, -0.2) is 4.98 Å². The molecule has 31 heavy (non-hydrogen) atoms. The number of carbonyl (C=O) groups excluding carboxylic acids is 1. The predicted octanol–water partition coefficient (Wildman–Crippen LogP) is 3.76. The molecular formula is C25H32N4O2. The molecule has 3 aromatic rings. The number of methoxy groups -OCH3 is 1. The molecule has 0 saturated carbocycles. The zero-order valence-corrected chi connectivity index (χ0v) is 18.5. The fourth-order valence-electron chi connectivity index (χ4n) is 4.33. The van der Waals surface area contributed by atoms with Gasteiger partial charge in [-0.05, 0) is 49.4 Å². The van der Waals surface area contributed by atoms with Gasteiger partial charge in [-0.3, -0.25) is 4.79 Å². The molecular weight excluding hydrogens is 388 g/mol. The lowest BCUT2D eigenvalue weighted by Crippen LogP contribution is -2.41. The number of nitrogens with zero attached hydrogens (tertiary/aromatic N) is 3. The third kappa shape index (κ3) is 4.90. The molecule has 1 aliphatic rings. The van der Waals surface area contributed by atoms with Gasteiger partial charge in [0.2, 0.25) is 11.9 Å². The summed E-state index contributed by atoms with van der Waals surface area (Å²) in [7, 11) is 1.68. The highest BCUT2D eigenvalue weighted by molar-refractivity contribution is 5.80. The van der Waals surface area contributed by atoms with Crippen LogP contribution in [0.15, 0.2) is 48.5 Å². The molecule has 1 N–H and O–H groups in total. The van der Waals surface area contributed by atoms with E-state index in [1.807, 2.05) is 6.07 Å². The second-order valence-corrected chi connectivity index (χ2v) is 8.31. The molecule has 6 nitrogen and oxygen atoms in total.